The number of carbonyl (C=O) groups is 1. The quantitative estimate of drug-likeness (QED) is 0.829. The Hall–Kier alpha value is -1.75. The molecule has 0 bridgehead atoms. The van der Waals surface area contributed by atoms with E-state index in [1.165, 1.54) is 0 Å². The molecule has 3 N–H and O–H groups in total. The van der Waals surface area contributed by atoms with Crippen molar-refractivity contribution in [1.82, 2.24) is 5.32 Å². The normalized spacial score (nSPS) is 14.3. The highest BCUT2D eigenvalue weighted by Gasteiger charge is 2.25. The molecule has 18 heavy (non-hydrogen) atoms. The summed E-state index contributed by atoms with van der Waals surface area (Å²) in [7, 11) is 0. The number of amides is 1. The van der Waals surface area contributed by atoms with Crippen molar-refractivity contribution in [2.75, 3.05) is 13.2 Å². The minimum atomic E-state index is -0.752. The number of fused-ring (bicyclic) bond motifs is 1. The molecule has 1 aliphatic heterocycles. The molecule has 1 amide bonds. The van der Waals surface area contributed by atoms with Gasteiger partial charge in [0.2, 0.25) is 5.91 Å². The van der Waals surface area contributed by atoms with Crippen LogP contribution in [0.15, 0.2) is 18.2 Å². The summed E-state index contributed by atoms with van der Waals surface area (Å²) in [6.07, 6.45) is 0. The van der Waals surface area contributed by atoms with Gasteiger partial charge in [0.1, 0.15) is 13.2 Å². The highest BCUT2D eigenvalue weighted by atomic mass is 16.6. The molecule has 0 saturated carbocycles. The number of nitrogens with one attached hydrogen (secondary N) is 1. The van der Waals surface area contributed by atoms with Crippen molar-refractivity contribution in [1.29, 1.82) is 0 Å². The molecule has 0 fully saturated rings. The van der Waals surface area contributed by atoms with Crippen LogP contribution in [0, 0.1) is 0 Å². The van der Waals surface area contributed by atoms with Crippen molar-refractivity contribution in [3.05, 3.63) is 23.8 Å². The van der Waals surface area contributed by atoms with Gasteiger partial charge in [-0.05, 0) is 19.9 Å². The molecule has 1 aliphatic rings. The Labute approximate surface area is 106 Å². The van der Waals surface area contributed by atoms with Crippen molar-refractivity contribution < 1.29 is 14.3 Å². The summed E-state index contributed by atoms with van der Waals surface area (Å²) in [6.45, 7) is 5.12. The summed E-state index contributed by atoms with van der Waals surface area (Å²) in [5.74, 6) is 1.11. The monoisotopic (exact) mass is 250 g/mol. The van der Waals surface area contributed by atoms with Gasteiger partial charge in [-0.25, -0.2) is 0 Å². The van der Waals surface area contributed by atoms with Crippen molar-refractivity contribution in [3.8, 4) is 11.5 Å². The Bertz CT molecular complexity index is 458. The van der Waals surface area contributed by atoms with E-state index in [2.05, 4.69) is 5.32 Å². The molecule has 1 aromatic carbocycles. The summed E-state index contributed by atoms with van der Waals surface area (Å²) in [5, 5.41) is 3.11. The van der Waals surface area contributed by atoms with E-state index >= 15 is 0 Å². The summed E-state index contributed by atoms with van der Waals surface area (Å²) in [4.78, 5) is 11.2. The summed E-state index contributed by atoms with van der Waals surface area (Å²) in [5.41, 5.74) is 5.52. The van der Waals surface area contributed by atoms with E-state index in [1.807, 2.05) is 18.2 Å². The SMILES string of the molecule is CC(C)(NCc1cccc2c1OCCO2)C(N)=O. The Morgan fingerprint density at radius 3 is 2.83 bits per heavy atom. The third-order valence-electron chi connectivity index (χ3n) is 2.98. The second-order valence-corrected chi connectivity index (χ2v) is 4.78. The van der Waals surface area contributed by atoms with E-state index in [9.17, 15) is 4.79 Å². The molecule has 1 aromatic rings. The molecule has 2 rings (SSSR count). The molecule has 5 nitrogen and oxygen atoms in total. The minimum absolute atomic E-state index is 0.385. The van der Waals surface area contributed by atoms with Crippen LogP contribution in [0.25, 0.3) is 0 Å². The molecule has 0 atom stereocenters. The van der Waals surface area contributed by atoms with Gasteiger partial charge in [0.25, 0.3) is 0 Å². The van der Waals surface area contributed by atoms with Crippen LogP contribution in [-0.4, -0.2) is 24.7 Å². The highest BCUT2D eigenvalue weighted by molar-refractivity contribution is 5.83. The molecule has 0 aromatic heterocycles. The first kappa shape index (κ1) is 12.7. The lowest BCUT2D eigenvalue weighted by Crippen LogP contribution is -2.50. The molecule has 98 valence electrons. The average molecular weight is 250 g/mol. The lowest BCUT2D eigenvalue weighted by Gasteiger charge is -2.25. The molecular weight excluding hydrogens is 232 g/mol. The highest BCUT2D eigenvalue weighted by Crippen LogP contribution is 2.33. The van der Waals surface area contributed by atoms with Crippen LogP contribution in [-0.2, 0) is 11.3 Å². The lowest BCUT2D eigenvalue weighted by atomic mass is 10.0. The first-order valence-corrected chi connectivity index (χ1v) is 5.93. The third kappa shape index (κ3) is 2.56. The standard InChI is InChI=1S/C13H18N2O3/c1-13(2,12(14)16)15-8-9-4-3-5-10-11(9)18-7-6-17-10/h3-5,15H,6-8H2,1-2H3,(H2,14,16). The number of carbonyl (C=O) groups excluding carboxylic acids is 1. The fourth-order valence-electron chi connectivity index (χ4n) is 1.68. The van der Waals surface area contributed by atoms with Crippen LogP contribution in [0.5, 0.6) is 11.5 Å². The summed E-state index contributed by atoms with van der Waals surface area (Å²) < 4.78 is 11.1. The number of ether oxygens (including phenoxy) is 2. The van der Waals surface area contributed by atoms with E-state index in [1.54, 1.807) is 13.8 Å². The number of nitrogens with two attached hydrogens (primary N) is 1. The average Bonchev–Trinajstić information content (AvgIpc) is 2.36. The maximum absolute atomic E-state index is 11.2. The number of primary amides is 1. The Morgan fingerprint density at radius 1 is 1.39 bits per heavy atom. The molecular formula is C13H18N2O3. The van der Waals surface area contributed by atoms with Crippen LogP contribution >= 0.6 is 0 Å². The van der Waals surface area contributed by atoms with E-state index in [4.69, 9.17) is 15.2 Å². The maximum Gasteiger partial charge on any atom is 0.237 e. The van der Waals surface area contributed by atoms with Crippen LogP contribution in [0.1, 0.15) is 19.4 Å². The van der Waals surface area contributed by atoms with Gasteiger partial charge in [-0.15, -0.1) is 0 Å². The predicted octanol–water partition coefficient (Wildman–Crippen LogP) is 0.811. The number of rotatable bonds is 4. The Kier molecular flexibility index (Phi) is 3.43. The van der Waals surface area contributed by atoms with Crippen molar-refractivity contribution in [2.45, 2.75) is 25.9 Å². The third-order valence-corrected chi connectivity index (χ3v) is 2.98. The maximum atomic E-state index is 11.2. The molecule has 0 saturated heterocycles. The van der Waals surface area contributed by atoms with Crippen molar-refractivity contribution in [3.63, 3.8) is 0 Å². The van der Waals surface area contributed by atoms with Crippen LogP contribution in [0.3, 0.4) is 0 Å². The Balaban J connectivity index is 2.13. The zero-order valence-electron chi connectivity index (χ0n) is 10.7. The minimum Gasteiger partial charge on any atom is -0.486 e. The van der Waals surface area contributed by atoms with Gasteiger partial charge < -0.3 is 15.2 Å². The second kappa shape index (κ2) is 4.86. The summed E-state index contributed by atoms with van der Waals surface area (Å²) in [6, 6.07) is 5.72. The van der Waals surface area contributed by atoms with Gasteiger partial charge in [0.15, 0.2) is 11.5 Å². The molecule has 5 heteroatoms. The van der Waals surface area contributed by atoms with E-state index in [-0.39, 0.29) is 5.91 Å². The number of benzene rings is 1. The number of para-hydroxylation sites is 1. The number of hydrogen-bond acceptors (Lipinski definition) is 4. The van der Waals surface area contributed by atoms with Crippen LogP contribution < -0.4 is 20.5 Å². The number of hydrogen-bond donors (Lipinski definition) is 2. The zero-order valence-corrected chi connectivity index (χ0v) is 10.7. The van der Waals surface area contributed by atoms with Gasteiger partial charge in [-0.2, -0.15) is 0 Å². The lowest BCUT2D eigenvalue weighted by molar-refractivity contribution is -0.123. The first-order valence-electron chi connectivity index (χ1n) is 5.93. The van der Waals surface area contributed by atoms with Crippen molar-refractivity contribution in [2.24, 2.45) is 5.73 Å². The van der Waals surface area contributed by atoms with Crippen LogP contribution in [0.4, 0.5) is 0 Å². The van der Waals surface area contributed by atoms with Gasteiger partial charge in [-0.1, -0.05) is 12.1 Å². The fourth-order valence-corrected chi connectivity index (χ4v) is 1.68. The first-order chi connectivity index (χ1) is 8.50. The molecule has 0 aliphatic carbocycles. The topological polar surface area (TPSA) is 73.6 Å². The van der Waals surface area contributed by atoms with Crippen molar-refractivity contribution >= 4 is 5.91 Å². The second-order valence-electron chi connectivity index (χ2n) is 4.78. The van der Waals surface area contributed by atoms with E-state index in [0.717, 1.165) is 17.1 Å². The van der Waals surface area contributed by atoms with Gasteiger partial charge in [0, 0.05) is 12.1 Å². The molecule has 0 spiro atoms. The largest absolute Gasteiger partial charge is 0.486 e. The van der Waals surface area contributed by atoms with E-state index in [0.29, 0.717) is 19.8 Å². The van der Waals surface area contributed by atoms with E-state index < -0.39 is 5.54 Å². The summed E-state index contributed by atoms with van der Waals surface area (Å²) >= 11 is 0. The van der Waals surface area contributed by atoms with Gasteiger partial charge >= 0.3 is 0 Å². The molecule has 1 heterocycles. The predicted molar refractivity (Wildman–Crippen MR) is 67.5 cm³/mol. The zero-order chi connectivity index (χ0) is 13.2. The fraction of sp³-hybridized carbons (Fsp3) is 0.462. The van der Waals surface area contributed by atoms with Crippen LogP contribution in [0.2, 0.25) is 0 Å². The molecule has 0 radical (unpaired) electrons. The van der Waals surface area contributed by atoms with Gasteiger partial charge in [-0.3, -0.25) is 10.1 Å². The van der Waals surface area contributed by atoms with Gasteiger partial charge in [0.05, 0.1) is 5.54 Å². The molecule has 0 unspecified atom stereocenters. The Morgan fingerprint density at radius 2 is 2.11 bits per heavy atom. The smallest absolute Gasteiger partial charge is 0.237 e.